The lowest BCUT2D eigenvalue weighted by atomic mass is 10.1. The lowest BCUT2D eigenvalue weighted by Crippen LogP contribution is -2.10. The van der Waals surface area contributed by atoms with Crippen molar-refractivity contribution in [2.24, 2.45) is 0 Å². The van der Waals surface area contributed by atoms with Gasteiger partial charge in [0.05, 0.1) is 12.1 Å². The van der Waals surface area contributed by atoms with Crippen LogP contribution in [-0.2, 0) is 13.0 Å². The van der Waals surface area contributed by atoms with Crippen LogP contribution in [0.2, 0.25) is 0 Å². The number of fused-ring (bicyclic) bond motifs is 1. The molecule has 0 radical (unpaired) electrons. The highest BCUT2D eigenvalue weighted by Gasteiger charge is 2.07. The standard InChI is InChI=1S/C21H20N4S/c1-2-7-16(8-3-1)12-13-22-20-18-10-4-5-11-19(18)24-21(25-20)23-15-17-9-6-14-26-17/h1-11,14H,12-13,15H2,(H2,22,23,24,25). The zero-order chi connectivity index (χ0) is 17.6. The highest BCUT2D eigenvalue weighted by Crippen LogP contribution is 2.22. The first-order valence-electron chi connectivity index (χ1n) is 8.69. The number of hydrogen-bond donors (Lipinski definition) is 2. The van der Waals surface area contributed by atoms with Crippen LogP contribution in [-0.4, -0.2) is 16.5 Å². The van der Waals surface area contributed by atoms with E-state index in [2.05, 4.69) is 63.5 Å². The minimum atomic E-state index is 0.652. The number of thiophene rings is 1. The zero-order valence-corrected chi connectivity index (χ0v) is 15.2. The Labute approximate surface area is 157 Å². The predicted molar refractivity (Wildman–Crippen MR) is 110 cm³/mol. The molecule has 2 N–H and O–H groups in total. The van der Waals surface area contributed by atoms with Crippen LogP contribution in [0, 0.1) is 0 Å². The topological polar surface area (TPSA) is 49.8 Å². The van der Waals surface area contributed by atoms with E-state index in [0.29, 0.717) is 5.95 Å². The van der Waals surface area contributed by atoms with Gasteiger partial charge in [0.15, 0.2) is 0 Å². The Balaban J connectivity index is 1.51. The third-order valence-corrected chi connectivity index (χ3v) is 5.03. The molecule has 0 aliphatic rings. The Kier molecular flexibility index (Phi) is 5.07. The maximum Gasteiger partial charge on any atom is 0.225 e. The van der Waals surface area contributed by atoms with Gasteiger partial charge in [-0.2, -0.15) is 4.98 Å². The summed E-state index contributed by atoms with van der Waals surface area (Å²) in [7, 11) is 0. The Morgan fingerprint density at radius 1 is 0.808 bits per heavy atom. The fraction of sp³-hybridized carbons (Fsp3) is 0.143. The molecule has 0 amide bonds. The molecule has 0 unspecified atom stereocenters. The van der Waals surface area contributed by atoms with Gasteiger partial charge in [0.25, 0.3) is 0 Å². The normalized spacial score (nSPS) is 10.8. The molecule has 4 nitrogen and oxygen atoms in total. The Bertz CT molecular complexity index is 968. The Morgan fingerprint density at radius 2 is 1.65 bits per heavy atom. The highest BCUT2D eigenvalue weighted by atomic mass is 32.1. The molecular weight excluding hydrogens is 340 g/mol. The van der Waals surface area contributed by atoms with Gasteiger partial charge in [-0.05, 0) is 35.6 Å². The third kappa shape index (κ3) is 4.00. The summed E-state index contributed by atoms with van der Waals surface area (Å²) in [6.07, 6.45) is 0.955. The molecule has 4 aromatic rings. The summed E-state index contributed by atoms with van der Waals surface area (Å²) in [5.74, 6) is 1.53. The van der Waals surface area contributed by atoms with Crippen molar-refractivity contribution in [3.63, 3.8) is 0 Å². The first-order chi connectivity index (χ1) is 12.9. The first kappa shape index (κ1) is 16.5. The van der Waals surface area contributed by atoms with E-state index in [4.69, 9.17) is 4.98 Å². The van der Waals surface area contributed by atoms with Crippen LogP contribution in [0.1, 0.15) is 10.4 Å². The summed E-state index contributed by atoms with van der Waals surface area (Å²) in [5, 5.41) is 9.94. The van der Waals surface area contributed by atoms with Crippen LogP contribution in [0.3, 0.4) is 0 Å². The monoisotopic (exact) mass is 360 g/mol. The van der Waals surface area contributed by atoms with E-state index in [1.54, 1.807) is 11.3 Å². The van der Waals surface area contributed by atoms with Gasteiger partial charge >= 0.3 is 0 Å². The molecule has 0 saturated carbocycles. The molecule has 2 heterocycles. The summed E-state index contributed by atoms with van der Waals surface area (Å²) in [6.45, 7) is 1.56. The highest BCUT2D eigenvalue weighted by molar-refractivity contribution is 7.09. The van der Waals surface area contributed by atoms with Crippen molar-refractivity contribution in [2.45, 2.75) is 13.0 Å². The molecule has 0 aliphatic heterocycles. The third-order valence-electron chi connectivity index (χ3n) is 4.15. The molecule has 4 rings (SSSR count). The fourth-order valence-corrected chi connectivity index (χ4v) is 3.48. The zero-order valence-electron chi connectivity index (χ0n) is 14.4. The van der Waals surface area contributed by atoms with Crippen LogP contribution < -0.4 is 10.6 Å². The molecule has 0 bridgehead atoms. The number of nitrogens with zero attached hydrogens (tertiary/aromatic N) is 2. The van der Waals surface area contributed by atoms with E-state index in [1.807, 2.05) is 24.3 Å². The smallest absolute Gasteiger partial charge is 0.225 e. The van der Waals surface area contributed by atoms with Crippen molar-refractivity contribution in [1.29, 1.82) is 0 Å². The second-order valence-corrected chi connectivity index (χ2v) is 7.04. The maximum absolute atomic E-state index is 4.70. The van der Waals surface area contributed by atoms with Gasteiger partial charge in [-0.25, -0.2) is 4.98 Å². The molecule has 26 heavy (non-hydrogen) atoms. The number of benzene rings is 2. The summed E-state index contributed by atoms with van der Waals surface area (Å²) in [6, 6.07) is 22.8. The fourth-order valence-electron chi connectivity index (χ4n) is 2.84. The maximum atomic E-state index is 4.70. The van der Waals surface area contributed by atoms with Crippen molar-refractivity contribution < 1.29 is 0 Å². The van der Waals surface area contributed by atoms with E-state index in [-0.39, 0.29) is 0 Å². The number of hydrogen-bond acceptors (Lipinski definition) is 5. The predicted octanol–water partition coefficient (Wildman–Crippen LogP) is 4.96. The molecule has 0 atom stereocenters. The van der Waals surface area contributed by atoms with Crippen molar-refractivity contribution >= 4 is 34.0 Å². The molecule has 0 spiro atoms. The van der Waals surface area contributed by atoms with Crippen molar-refractivity contribution in [2.75, 3.05) is 17.2 Å². The lowest BCUT2D eigenvalue weighted by molar-refractivity contribution is 1.00. The van der Waals surface area contributed by atoms with Crippen LogP contribution in [0.25, 0.3) is 10.9 Å². The molecule has 130 valence electrons. The summed E-state index contributed by atoms with van der Waals surface area (Å²) in [4.78, 5) is 10.6. The van der Waals surface area contributed by atoms with E-state index < -0.39 is 0 Å². The molecule has 0 aliphatic carbocycles. The minimum Gasteiger partial charge on any atom is -0.369 e. The SMILES string of the molecule is c1ccc(CCNc2nc(NCc3cccs3)nc3ccccc23)cc1. The number of aromatic nitrogens is 2. The van der Waals surface area contributed by atoms with Gasteiger partial charge in [-0.1, -0.05) is 48.5 Å². The van der Waals surface area contributed by atoms with Gasteiger partial charge in [-0.15, -0.1) is 11.3 Å². The summed E-state index contributed by atoms with van der Waals surface area (Å²) >= 11 is 1.73. The first-order valence-corrected chi connectivity index (χ1v) is 9.57. The second-order valence-electron chi connectivity index (χ2n) is 6.01. The quantitative estimate of drug-likeness (QED) is 0.489. The van der Waals surface area contributed by atoms with Crippen LogP contribution in [0.5, 0.6) is 0 Å². The van der Waals surface area contributed by atoms with Gasteiger partial charge < -0.3 is 10.6 Å². The van der Waals surface area contributed by atoms with Crippen molar-refractivity contribution in [3.8, 4) is 0 Å². The van der Waals surface area contributed by atoms with Crippen LogP contribution >= 0.6 is 11.3 Å². The summed E-state index contributed by atoms with van der Waals surface area (Å²) in [5.41, 5.74) is 2.26. The lowest BCUT2D eigenvalue weighted by Gasteiger charge is -2.11. The van der Waals surface area contributed by atoms with Crippen LogP contribution in [0.4, 0.5) is 11.8 Å². The molecular formula is C21H20N4S. The number of para-hydroxylation sites is 1. The second kappa shape index (κ2) is 7.97. The van der Waals surface area contributed by atoms with Gasteiger partial charge in [0.2, 0.25) is 5.95 Å². The number of anilines is 2. The molecule has 0 saturated heterocycles. The number of rotatable bonds is 7. The van der Waals surface area contributed by atoms with E-state index in [0.717, 1.165) is 36.2 Å². The van der Waals surface area contributed by atoms with Crippen molar-refractivity contribution in [1.82, 2.24) is 9.97 Å². The van der Waals surface area contributed by atoms with E-state index in [1.165, 1.54) is 10.4 Å². The molecule has 2 aromatic carbocycles. The molecule has 5 heteroatoms. The molecule has 2 aromatic heterocycles. The van der Waals surface area contributed by atoms with Crippen LogP contribution in [0.15, 0.2) is 72.1 Å². The Morgan fingerprint density at radius 3 is 2.50 bits per heavy atom. The van der Waals surface area contributed by atoms with Crippen molar-refractivity contribution in [3.05, 3.63) is 82.6 Å². The van der Waals surface area contributed by atoms with E-state index in [9.17, 15) is 0 Å². The largest absolute Gasteiger partial charge is 0.369 e. The number of nitrogens with one attached hydrogen (secondary N) is 2. The summed E-state index contributed by atoms with van der Waals surface area (Å²) < 4.78 is 0. The van der Waals surface area contributed by atoms with Gasteiger partial charge in [0.1, 0.15) is 5.82 Å². The van der Waals surface area contributed by atoms with Gasteiger partial charge in [0, 0.05) is 16.8 Å². The average molecular weight is 360 g/mol. The van der Waals surface area contributed by atoms with Gasteiger partial charge in [-0.3, -0.25) is 0 Å². The average Bonchev–Trinajstić information content (AvgIpc) is 3.21. The Hall–Kier alpha value is -2.92. The molecule has 0 fully saturated rings. The van der Waals surface area contributed by atoms with E-state index >= 15 is 0 Å². The minimum absolute atomic E-state index is 0.652.